The molecule has 3 rings (SSSR count). The van der Waals surface area contributed by atoms with Crippen LogP contribution in [0.1, 0.15) is 37.8 Å². The van der Waals surface area contributed by atoms with E-state index >= 15 is 0 Å². The van der Waals surface area contributed by atoms with E-state index in [0.29, 0.717) is 17.9 Å². The molecule has 0 radical (unpaired) electrons. The van der Waals surface area contributed by atoms with Crippen molar-refractivity contribution in [1.29, 1.82) is 0 Å². The average Bonchev–Trinajstić information content (AvgIpc) is 2.55. The number of aryl methyl sites for hydroxylation is 1. The van der Waals surface area contributed by atoms with E-state index in [0.717, 1.165) is 42.2 Å². The minimum atomic E-state index is -0.711. The van der Waals surface area contributed by atoms with Gasteiger partial charge in [0.2, 0.25) is 0 Å². The second-order valence-corrected chi connectivity index (χ2v) is 5.72. The molecule has 1 heterocycles. The van der Waals surface area contributed by atoms with Crippen molar-refractivity contribution in [2.24, 2.45) is 0 Å². The number of hydrogen-bond acceptors (Lipinski definition) is 5. The Morgan fingerprint density at radius 2 is 2.00 bits per heavy atom. The maximum atomic E-state index is 12.1. The smallest absolute Gasteiger partial charge is 0.347 e. The molecule has 0 bridgehead atoms. The van der Waals surface area contributed by atoms with Crippen LogP contribution in [-0.2, 0) is 22.4 Å². The maximum Gasteiger partial charge on any atom is 0.347 e. The number of ether oxygens (including phenoxy) is 2. The van der Waals surface area contributed by atoms with Crippen molar-refractivity contribution in [3.8, 4) is 5.75 Å². The van der Waals surface area contributed by atoms with Crippen LogP contribution in [0.5, 0.6) is 5.75 Å². The fourth-order valence-electron chi connectivity index (χ4n) is 3.01. The van der Waals surface area contributed by atoms with Crippen LogP contribution in [0.3, 0.4) is 0 Å². The summed E-state index contributed by atoms with van der Waals surface area (Å²) in [4.78, 5) is 23.8. The summed E-state index contributed by atoms with van der Waals surface area (Å²) in [6, 6.07) is 5.36. The molecule has 1 aliphatic carbocycles. The number of esters is 1. The summed E-state index contributed by atoms with van der Waals surface area (Å²) in [6.45, 7) is 3.69. The van der Waals surface area contributed by atoms with E-state index in [1.165, 1.54) is 0 Å². The fourth-order valence-corrected chi connectivity index (χ4v) is 3.01. The van der Waals surface area contributed by atoms with Gasteiger partial charge in [-0.15, -0.1) is 0 Å². The monoisotopic (exact) mass is 316 g/mol. The van der Waals surface area contributed by atoms with E-state index < -0.39 is 12.1 Å². The second-order valence-electron chi connectivity index (χ2n) is 5.72. The molecule has 0 fully saturated rings. The lowest BCUT2D eigenvalue weighted by molar-refractivity contribution is -0.150. The Morgan fingerprint density at radius 3 is 2.74 bits per heavy atom. The first-order chi connectivity index (χ1) is 11.1. The molecule has 1 atom stereocenters. The minimum Gasteiger partial charge on any atom is -0.479 e. The number of fused-ring (bicyclic) bond motifs is 3. The van der Waals surface area contributed by atoms with Crippen LogP contribution in [0, 0.1) is 0 Å². The summed E-state index contributed by atoms with van der Waals surface area (Å²) in [6.07, 6.45) is 3.09. The Labute approximate surface area is 134 Å². The molecular weight excluding hydrogens is 296 g/mol. The van der Waals surface area contributed by atoms with E-state index in [1.54, 1.807) is 26.0 Å². The Hall–Kier alpha value is -2.30. The molecule has 5 nitrogen and oxygen atoms in total. The molecule has 0 aliphatic heterocycles. The van der Waals surface area contributed by atoms with Gasteiger partial charge in [-0.2, -0.15) is 0 Å². The molecule has 1 aliphatic rings. The summed E-state index contributed by atoms with van der Waals surface area (Å²) in [5.74, 6) is 0.0662. The summed E-state index contributed by atoms with van der Waals surface area (Å²) < 4.78 is 15.9. The van der Waals surface area contributed by atoms with Gasteiger partial charge < -0.3 is 13.9 Å². The first kappa shape index (κ1) is 15.6. The van der Waals surface area contributed by atoms with Crippen molar-refractivity contribution in [3.63, 3.8) is 0 Å². The number of carbonyl (C=O) groups is 1. The van der Waals surface area contributed by atoms with Crippen molar-refractivity contribution in [1.82, 2.24) is 0 Å². The zero-order valence-electron chi connectivity index (χ0n) is 13.4. The highest BCUT2D eigenvalue weighted by molar-refractivity contribution is 5.83. The van der Waals surface area contributed by atoms with Gasteiger partial charge in [-0.25, -0.2) is 9.59 Å². The van der Waals surface area contributed by atoms with Crippen LogP contribution in [0.2, 0.25) is 0 Å². The molecule has 0 amide bonds. The van der Waals surface area contributed by atoms with Crippen molar-refractivity contribution in [3.05, 3.63) is 39.7 Å². The van der Waals surface area contributed by atoms with E-state index in [4.69, 9.17) is 13.9 Å². The number of carbonyl (C=O) groups excluding carboxylic acids is 1. The van der Waals surface area contributed by atoms with E-state index in [9.17, 15) is 9.59 Å². The Morgan fingerprint density at radius 1 is 1.26 bits per heavy atom. The molecule has 1 aromatic heterocycles. The number of rotatable bonds is 4. The highest BCUT2D eigenvalue weighted by atomic mass is 16.6. The Balaban J connectivity index is 1.94. The fraction of sp³-hybridized carbons (Fsp3) is 0.444. The summed E-state index contributed by atoms with van der Waals surface area (Å²) in [5, 5.41) is 0.954. The van der Waals surface area contributed by atoms with Crippen molar-refractivity contribution in [2.75, 3.05) is 6.61 Å². The highest BCUT2D eigenvalue weighted by Crippen LogP contribution is 2.29. The molecular formula is C18H20O5. The molecule has 122 valence electrons. The van der Waals surface area contributed by atoms with Crippen LogP contribution in [0.25, 0.3) is 11.0 Å². The molecule has 0 spiro atoms. The summed E-state index contributed by atoms with van der Waals surface area (Å²) in [5.41, 5.74) is 2.14. The summed E-state index contributed by atoms with van der Waals surface area (Å²) >= 11 is 0. The quantitative estimate of drug-likeness (QED) is 0.641. The molecule has 1 unspecified atom stereocenters. The SMILES string of the molecule is CCOC(=O)C(C)Oc1ccc2c3c(c(=O)oc2c1)CCCC3. The molecule has 0 saturated carbocycles. The standard InChI is InChI=1S/C18H20O5/c1-3-21-17(19)11(2)22-12-8-9-14-13-6-4-5-7-15(13)18(20)23-16(14)10-12/h8-11H,3-7H2,1-2H3. The van der Waals surface area contributed by atoms with Gasteiger partial charge in [0.15, 0.2) is 6.10 Å². The normalized spacial score (nSPS) is 15.0. The zero-order valence-corrected chi connectivity index (χ0v) is 13.4. The van der Waals surface area contributed by atoms with Gasteiger partial charge >= 0.3 is 11.6 Å². The minimum absolute atomic E-state index is 0.261. The largest absolute Gasteiger partial charge is 0.479 e. The molecule has 0 N–H and O–H groups in total. The summed E-state index contributed by atoms with van der Waals surface area (Å²) in [7, 11) is 0. The van der Waals surface area contributed by atoms with Gasteiger partial charge in [0.25, 0.3) is 0 Å². The third-order valence-corrected chi connectivity index (χ3v) is 4.13. The number of hydrogen-bond donors (Lipinski definition) is 0. The van der Waals surface area contributed by atoms with E-state index in [2.05, 4.69) is 0 Å². The van der Waals surface area contributed by atoms with Gasteiger partial charge in [0.05, 0.1) is 6.61 Å². The van der Waals surface area contributed by atoms with Crippen LogP contribution in [0.4, 0.5) is 0 Å². The van der Waals surface area contributed by atoms with Crippen molar-refractivity contribution >= 4 is 16.9 Å². The Kier molecular flexibility index (Phi) is 4.37. The van der Waals surface area contributed by atoms with Crippen LogP contribution < -0.4 is 10.4 Å². The number of benzene rings is 1. The lowest BCUT2D eigenvalue weighted by atomic mass is 9.91. The third-order valence-electron chi connectivity index (χ3n) is 4.13. The Bertz CT molecular complexity index is 790. The average molecular weight is 316 g/mol. The highest BCUT2D eigenvalue weighted by Gasteiger charge is 2.19. The first-order valence-corrected chi connectivity index (χ1v) is 8.02. The van der Waals surface area contributed by atoms with Gasteiger partial charge in [-0.1, -0.05) is 0 Å². The van der Waals surface area contributed by atoms with Gasteiger partial charge in [-0.3, -0.25) is 0 Å². The van der Waals surface area contributed by atoms with Gasteiger partial charge in [0, 0.05) is 17.0 Å². The molecule has 1 aromatic carbocycles. The molecule has 2 aromatic rings. The van der Waals surface area contributed by atoms with Crippen molar-refractivity contribution in [2.45, 2.75) is 45.6 Å². The second kappa shape index (κ2) is 6.44. The van der Waals surface area contributed by atoms with E-state index in [-0.39, 0.29) is 5.63 Å². The van der Waals surface area contributed by atoms with Crippen LogP contribution in [0.15, 0.2) is 27.4 Å². The first-order valence-electron chi connectivity index (χ1n) is 8.02. The van der Waals surface area contributed by atoms with Crippen LogP contribution >= 0.6 is 0 Å². The zero-order chi connectivity index (χ0) is 16.4. The maximum absolute atomic E-state index is 12.1. The van der Waals surface area contributed by atoms with Crippen molar-refractivity contribution < 1.29 is 18.7 Å². The molecule has 23 heavy (non-hydrogen) atoms. The van der Waals surface area contributed by atoms with Gasteiger partial charge in [0.1, 0.15) is 11.3 Å². The lowest BCUT2D eigenvalue weighted by Gasteiger charge is -2.17. The lowest BCUT2D eigenvalue weighted by Crippen LogP contribution is -2.26. The van der Waals surface area contributed by atoms with Gasteiger partial charge in [-0.05, 0) is 57.2 Å². The van der Waals surface area contributed by atoms with Crippen LogP contribution in [-0.4, -0.2) is 18.7 Å². The predicted molar refractivity (Wildman–Crippen MR) is 85.8 cm³/mol. The van der Waals surface area contributed by atoms with E-state index in [1.807, 2.05) is 6.07 Å². The molecule has 0 saturated heterocycles. The predicted octanol–water partition coefficient (Wildman–Crippen LogP) is 3.00. The topological polar surface area (TPSA) is 65.7 Å². The third kappa shape index (κ3) is 3.09. The molecule has 5 heteroatoms.